The smallest absolute Gasteiger partial charge is 0.251 e. The number of rotatable bonds is 6. The molecule has 0 atom stereocenters. The average Bonchev–Trinajstić information content (AvgIpc) is 2.53. The standard InChI is InChI=1S/C19H23N3O2/c1-4-20-19(24)15-5-7-16(8-6-15)22-18(23)12-21-17-10-13(2)9-14(3)11-17/h5-11,21H,4,12H2,1-3H3,(H,20,24)(H,22,23). The molecule has 0 radical (unpaired) electrons. The molecule has 5 nitrogen and oxygen atoms in total. The first-order chi connectivity index (χ1) is 11.5. The number of benzene rings is 2. The Labute approximate surface area is 142 Å². The van der Waals surface area contributed by atoms with E-state index >= 15 is 0 Å². The van der Waals surface area contributed by atoms with Gasteiger partial charge in [0.15, 0.2) is 0 Å². The van der Waals surface area contributed by atoms with E-state index in [0.717, 1.165) is 16.8 Å². The Morgan fingerprint density at radius 3 is 2.12 bits per heavy atom. The normalized spacial score (nSPS) is 10.1. The van der Waals surface area contributed by atoms with Crippen LogP contribution in [0.1, 0.15) is 28.4 Å². The molecule has 0 aliphatic carbocycles. The van der Waals surface area contributed by atoms with Crippen molar-refractivity contribution in [3.05, 3.63) is 59.2 Å². The minimum atomic E-state index is -0.139. The summed E-state index contributed by atoms with van der Waals surface area (Å²) in [5.74, 6) is -0.258. The van der Waals surface area contributed by atoms with Gasteiger partial charge in [-0.3, -0.25) is 9.59 Å². The first-order valence-electron chi connectivity index (χ1n) is 7.98. The van der Waals surface area contributed by atoms with Crippen LogP contribution in [0.4, 0.5) is 11.4 Å². The van der Waals surface area contributed by atoms with E-state index in [2.05, 4.69) is 22.0 Å². The van der Waals surface area contributed by atoms with Gasteiger partial charge in [-0.05, 0) is 68.3 Å². The molecular formula is C19H23N3O2. The van der Waals surface area contributed by atoms with Crippen molar-refractivity contribution in [2.45, 2.75) is 20.8 Å². The molecular weight excluding hydrogens is 302 g/mol. The lowest BCUT2D eigenvalue weighted by atomic mass is 10.1. The molecule has 2 aromatic rings. The van der Waals surface area contributed by atoms with Crippen LogP contribution >= 0.6 is 0 Å². The zero-order chi connectivity index (χ0) is 17.5. The van der Waals surface area contributed by atoms with Gasteiger partial charge in [-0.25, -0.2) is 0 Å². The van der Waals surface area contributed by atoms with Crippen LogP contribution in [0.5, 0.6) is 0 Å². The molecule has 126 valence electrons. The van der Waals surface area contributed by atoms with E-state index in [9.17, 15) is 9.59 Å². The number of carbonyl (C=O) groups is 2. The van der Waals surface area contributed by atoms with Crippen molar-refractivity contribution in [2.24, 2.45) is 0 Å². The monoisotopic (exact) mass is 325 g/mol. The third-order valence-electron chi connectivity index (χ3n) is 3.44. The number of carbonyl (C=O) groups excluding carboxylic acids is 2. The number of hydrogen-bond acceptors (Lipinski definition) is 3. The fraction of sp³-hybridized carbons (Fsp3) is 0.263. The first-order valence-corrected chi connectivity index (χ1v) is 7.98. The third kappa shape index (κ3) is 5.12. The second kappa shape index (κ2) is 8.15. The lowest BCUT2D eigenvalue weighted by molar-refractivity contribution is -0.114. The highest BCUT2D eigenvalue weighted by atomic mass is 16.2. The molecule has 0 aromatic heterocycles. The van der Waals surface area contributed by atoms with Gasteiger partial charge < -0.3 is 16.0 Å². The Morgan fingerprint density at radius 2 is 1.54 bits per heavy atom. The minimum absolute atomic E-state index is 0.119. The Morgan fingerprint density at radius 1 is 0.917 bits per heavy atom. The highest BCUT2D eigenvalue weighted by Crippen LogP contribution is 2.14. The lowest BCUT2D eigenvalue weighted by Crippen LogP contribution is -2.23. The fourth-order valence-corrected chi connectivity index (χ4v) is 2.43. The molecule has 0 spiro atoms. The number of aryl methyl sites for hydroxylation is 2. The number of nitrogens with one attached hydrogen (secondary N) is 3. The average molecular weight is 325 g/mol. The lowest BCUT2D eigenvalue weighted by Gasteiger charge is -2.10. The number of hydrogen-bond donors (Lipinski definition) is 3. The summed E-state index contributed by atoms with van der Waals surface area (Å²) in [6.07, 6.45) is 0. The van der Waals surface area contributed by atoms with Gasteiger partial charge in [0.2, 0.25) is 5.91 Å². The minimum Gasteiger partial charge on any atom is -0.376 e. The van der Waals surface area contributed by atoms with E-state index in [4.69, 9.17) is 0 Å². The van der Waals surface area contributed by atoms with Crippen molar-refractivity contribution in [2.75, 3.05) is 23.7 Å². The molecule has 2 amide bonds. The van der Waals surface area contributed by atoms with Gasteiger partial charge in [-0.2, -0.15) is 0 Å². The van der Waals surface area contributed by atoms with Crippen molar-refractivity contribution in [3.8, 4) is 0 Å². The van der Waals surface area contributed by atoms with Crippen LogP contribution in [-0.4, -0.2) is 24.9 Å². The van der Waals surface area contributed by atoms with Crippen LogP contribution < -0.4 is 16.0 Å². The maximum Gasteiger partial charge on any atom is 0.251 e. The Balaban J connectivity index is 1.89. The van der Waals surface area contributed by atoms with Crippen LogP contribution in [0, 0.1) is 13.8 Å². The molecule has 24 heavy (non-hydrogen) atoms. The number of anilines is 2. The van der Waals surface area contributed by atoms with Crippen molar-refractivity contribution in [1.82, 2.24) is 5.32 Å². The predicted molar refractivity (Wildman–Crippen MR) is 97.5 cm³/mol. The topological polar surface area (TPSA) is 70.2 Å². The molecule has 0 aliphatic rings. The highest BCUT2D eigenvalue weighted by molar-refractivity contribution is 5.96. The maximum atomic E-state index is 12.0. The van der Waals surface area contributed by atoms with E-state index in [1.807, 2.05) is 32.9 Å². The molecule has 0 saturated carbocycles. The van der Waals surface area contributed by atoms with Crippen LogP contribution in [0.25, 0.3) is 0 Å². The second-order valence-electron chi connectivity index (χ2n) is 5.71. The highest BCUT2D eigenvalue weighted by Gasteiger charge is 2.06. The van der Waals surface area contributed by atoms with Gasteiger partial charge in [0.1, 0.15) is 0 Å². The Bertz CT molecular complexity index is 704. The first kappa shape index (κ1) is 17.5. The summed E-state index contributed by atoms with van der Waals surface area (Å²) in [5, 5.41) is 8.66. The van der Waals surface area contributed by atoms with E-state index in [1.54, 1.807) is 24.3 Å². The van der Waals surface area contributed by atoms with Crippen LogP contribution in [-0.2, 0) is 4.79 Å². The van der Waals surface area contributed by atoms with Gasteiger partial charge in [-0.15, -0.1) is 0 Å². The largest absolute Gasteiger partial charge is 0.376 e. The zero-order valence-electron chi connectivity index (χ0n) is 14.3. The van der Waals surface area contributed by atoms with Gasteiger partial charge in [0.05, 0.1) is 6.54 Å². The maximum absolute atomic E-state index is 12.0. The van der Waals surface area contributed by atoms with E-state index in [0.29, 0.717) is 17.8 Å². The fourth-order valence-electron chi connectivity index (χ4n) is 2.43. The van der Waals surface area contributed by atoms with Crippen molar-refractivity contribution < 1.29 is 9.59 Å². The second-order valence-corrected chi connectivity index (χ2v) is 5.71. The quantitative estimate of drug-likeness (QED) is 0.764. The van der Waals surface area contributed by atoms with E-state index in [1.165, 1.54) is 0 Å². The summed E-state index contributed by atoms with van der Waals surface area (Å²) < 4.78 is 0. The molecule has 2 aromatic carbocycles. The molecule has 0 heterocycles. The molecule has 0 fully saturated rings. The van der Waals surface area contributed by atoms with Gasteiger partial charge in [-0.1, -0.05) is 6.07 Å². The summed E-state index contributed by atoms with van der Waals surface area (Å²) in [5.41, 5.74) is 4.46. The zero-order valence-corrected chi connectivity index (χ0v) is 14.3. The van der Waals surface area contributed by atoms with E-state index in [-0.39, 0.29) is 18.4 Å². The number of amides is 2. The van der Waals surface area contributed by atoms with Crippen LogP contribution in [0.15, 0.2) is 42.5 Å². The van der Waals surface area contributed by atoms with Gasteiger partial charge in [0.25, 0.3) is 5.91 Å². The molecule has 0 bridgehead atoms. The summed E-state index contributed by atoms with van der Waals surface area (Å²) in [4.78, 5) is 23.7. The van der Waals surface area contributed by atoms with Crippen molar-refractivity contribution in [1.29, 1.82) is 0 Å². The molecule has 5 heteroatoms. The Hall–Kier alpha value is -2.82. The van der Waals surface area contributed by atoms with Crippen LogP contribution in [0.2, 0.25) is 0 Å². The molecule has 0 aliphatic heterocycles. The van der Waals surface area contributed by atoms with Gasteiger partial charge in [0, 0.05) is 23.5 Å². The molecule has 2 rings (SSSR count). The van der Waals surface area contributed by atoms with Gasteiger partial charge >= 0.3 is 0 Å². The summed E-state index contributed by atoms with van der Waals surface area (Å²) in [7, 11) is 0. The SMILES string of the molecule is CCNC(=O)c1ccc(NC(=O)CNc2cc(C)cc(C)c2)cc1. The summed E-state index contributed by atoms with van der Waals surface area (Å²) in [6, 6.07) is 12.9. The van der Waals surface area contributed by atoms with Crippen molar-refractivity contribution >= 4 is 23.2 Å². The Kier molecular flexibility index (Phi) is 5.95. The molecule has 0 unspecified atom stereocenters. The predicted octanol–water partition coefficient (Wildman–Crippen LogP) is 3.10. The molecule has 3 N–H and O–H groups in total. The summed E-state index contributed by atoms with van der Waals surface area (Å²) >= 11 is 0. The molecule has 0 saturated heterocycles. The van der Waals surface area contributed by atoms with E-state index < -0.39 is 0 Å². The third-order valence-corrected chi connectivity index (χ3v) is 3.44. The van der Waals surface area contributed by atoms with Crippen molar-refractivity contribution in [3.63, 3.8) is 0 Å². The van der Waals surface area contributed by atoms with Crippen LogP contribution in [0.3, 0.4) is 0 Å². The summed E-state index contributed by atoms with van der Waals surface area (Å²) in [6.45, 7) is 6.68.